The van der Waals surface area contributed by atoms with Crippen molar-refractivity contribution in [3.8, 4) is 0 Å². The number of nitrogens with zero attached hydrogens (tertiary/aromatic N) is 2. The van der Waals surface area contributed by atoms with Gasteiger partial charge >= 0.3 is 0 Å². The highest BCUT2D eigenvalue weighted by molar-refractivity contribution is 14.0. The van der Waals surface area contributed by atoms with Crippen molar-refractivity contribution in [2.24, 2.45) is 4.99 Å². The monoisotopic (exact) mass is 495 g/mol. The van der Waals surface area contributed by atoms with E-state index in [9.17, 15) is 0 Å². The van der Waals surface area contributed by atoms with E-state index < -0.39 is 0 Å². The molecule has 1 aromatic carbocycles. The predicted molar refractivity (Wildman–Crippen MR) is 126 cm³/mol. The number of hydrogen-bond donors (Lipinski definition) is 3. The van der Waals surface area contributed by atoms with E-state index in [1.165, 1.54) is 16.5 Å². The van der Waals surface area contributed by atoms with Gasteiger partial charge in [0.1, 0.15) is 5.76 Å². The van der Waals surface area contributed by atoms with Crippen molar-refractivity contribution in [2.75, 3.05) is 19.6 Å². The summed E-state index contributed by atoms with van der Waals surface area (Å²) in [6.45, 7) is 10.5. The first-order valence-electron chi connectivity index (χ1n) is 9.60. The first kappa shape index (κ1) is 22.3. The lowest BCUT2D eigenvalue weighted by atomic mass is 10.00. The highest BCUT2D eigenvalue weighted by atomic mass is 127. The average Bonchev–Trinajstić information content (AvgIpc) is 3.22. The van der Waals surface area contributed by atoms with Crippen LogP contribution in [0.2, 0.25) is 0 Å². The molecule has 0 aliphatic carbocycles. The van der Waals surface area contributed by atoms with Crippen LogP contribution in [0.5, 0.6) is 0 Å². The second-order valence-corrected chi connectivity index (χ2v) is 6.89. The zero-order valence-corrected chi connectivity index (χ0v) is 19.3. The van der Waals surface area contributed by atoms with Gasteiger partial charge < -0.3 is 20.1 Å². The molecule has 152 valence electrons. The van der Waals surface area contributed by atoms with Gasteiger partial charge in [-0.3, -0.25) is 4.99 Å². The smallest absolute Gasteiger partial charge is 0.191 e. The Labute approximate surface area is 183 Å². The van der Waals surface area contributed by atoms with Crippen molar-refractivity contribution < 1.29 is 4.52 Å². The van der Waals surface area contributed by atoms with Crippen molar-refractivity contribution in [3.63, 3.8) is 0 Å². The SMILES string of the molecule is CCNC(=NCC(C)c1c(C)noc1C)NCCc1c[nH]c2ccccc12.I. The number of rotatable bonds is 7. The number of guanidine groups is 1. The summed E-state index contributed by atoms with van der Waals surface area (Å²) in [5, 5.41) is 12.1. The Morgan fingerprint density at radius 1 is 1.25 bits per heavy atom. The van der Waals surface area contributed by atoms with Crippen LogP contribution in [-0.2, 0) is 6.42 Å². The molecule has 3 aromatic rings. The molecule has 2 aromatic heterocycles. The van der Waals surface area contributed by atoms with Crippen molar-refractivity contribution in [1.29, 1.82) is 0 Å². The summed E-state index contributed by atoms with van der Waals surface area (Å²) in [5.41, 5.74) is 4.61. The van der Waals surface area contributed by atoms with Gasteiger partial charge in [-0.15, -0.1) is 24.0 Å². The number of halogens is 1. The minimum absolute atomic E-state index is 0. The average molecular weight is 495 g/mol. The van der Waals surface area contributed by atoms with E-state index in [0.717, 1.165) is 42.5 Å². The molecule has 0 aliphatic rings. The normalized spacial score (nSPS) is 12.6. The highest BCUT2D eigenvalue weighted by Gasteiger charge is 2.16. The molecule has 0 bridgehead atoms. The molecule has 1 atom stereocenters. The predicted octanol–water partition coefficient (Wildman–Crippen LogP) is 4.29. The molecule has 0 fully saturated rings. The van der Waals surface area contributed by atoms with Gasteiger partial charge in [-0.1, -0.05) is 30.3 Å². The summed E-state index contributed by atoms with van der Waals surface area (Å²) < 4.78 is 5.28. The van der Waals surface area contributed by atoms with Gasteiger partial charge in [-0.05, 0) is 38.8 Å². The lowest BCUT2D eigenvalue weighted by Crippen LogP contribution is -2.38. The van der Waals surface area contributed by atoms with Crippen LogP contribution in [-0.4, -0.2) is 35.7 Å². The van der Waals surface area contributed by atoms with Crippen LogP contribution in [0.25, 0.3) is 10.9 Å². The third-order valence-electron chi connectivity index (χ3n) is 4.81. The third-order valence-corrected chi connectivity index (χ3v) is 4.81. The van der Waals surface area contributed by atoms with Gasteiger partial charge in [0.05, 0.1) is 5.69 Å². The molecule has 0 amide bonds. The van der Waals surface area contributed by atoms with E-state index in [0.29, 0.717) is 6.54 Å². The van der Waals surface area contributed by atoms with Gasteiger partial charge in [0.2, 0.25) is 0 Å². The Hall–Kier alpha value is -2.03. The van der Waals surface area contributed by atoms with Crippen molar-refractivity contribution in [1.82, 2.24) is 20.8 Å². The van der Waals surface area contributed by atoms with Crippen molar-refractivity contribution >= 4 is 40.8 Å². The van der Waals surface area contributed by atoms with E-state index in [1.54, 1.807) is 0 Å². The molecule has 3 rings (SSSR count). The summed E-state index contributed by atoms with van der Waals surface area (Å²) in [6, 6.07) is 8.39. The summed E-state index contributed by atoms with van der Waals surface area (Å²) in [7, 11) is 0. The number of aliphatic imine (C=N–C) groups is 1. The number of benzene rings is 1. The number of aromatic nitrogens is 2. The number of nitrogens with one attached hydrogen (secondary N) is 3. The van der Waals surface area contributed by atoms with Crippen LogP contribution in [0.15, 0.2) is 40.0 Å². The topological polar surface area (TPSA) is 78.2 Å². The first-order valence-corrected chi connectivity index (χ1v) is 9.60. The molecule has 0 saturated carbocycles. The Balaban J connectivity index is 0.00000280. The summed E-state index contributed by atoms with van der Waals surface area (Å²) >= 11 is 0. The standard InChI is InChI=1S/C21H29N5O.HI/c1-5-22-21(25-12-14(2)20-15(3)26-27-16(20)4)23-11-10-17-13-24-19-9-7-6-8-18(17)19;/h6-9,13-14,24H,5,10-12H2,1-4H3,(H2,22,23,25);1H. The first-order chi connectivity index (χ1) is 13.1. The van der Waals surface area contributed by atoms with E-state index in [2.05, 4.69) is 65.1 Å². The minimum atomic E-state index is 0. The number of fused-ring (bicyclic) bond motifs is 1. The van der Waals surface area contributed by atoms with Gasteiger partial charge in [0.25, 0.3) is 0 Å². The van der Waals surface area contributed by atoms with Crippen LogP contribution in [0, 0.1) is 13.8 Å². The zero-order valence-electron chi connectivity index (χ0n) is 17.0. The summed E-state index contributed by atoms with van der Waals surface area (Å²) in [4.78, 5) is 8.08. The van der Waals surface area contributed by atoms with E-state index >= 15 is 0 Å². The Kier molecular flexibility index (Phi) is 8.35. The summed E-state index contributed by atoms with van der Waals surface area (Å²) in [6.07, 6.45) is 3.03. The van der Waals surface area contributed by atoms with Gasteiger partial charge in [0.15, 0.2) is 5.96 Å². The second kappa shape index (κ2) is 10.5. The van der Waals surface area contributed by atoms with Crippen LogP contribution in [0.3, 0.4) is 0 Å². The van der Waals surface area contributed by atoms with Crippen molar-refractivity contribution in [2.45, 2.75) is 40.0 Å². The largest absolute Gasteiger partial charge is 0.361 e. The molecule has 6 nitrogen and oxygen atoms in total. The van der Waals surface area contributed by atoms with E-state index in [4.69, 9.17) is 9.52 Å². The van der Waals surface area contributed by atoms with Crippen LogP contribution >= 0.6 is 24.0 Å². The number of para-hydroxylation sites is 1. The van der Waals surface area contributed by atoms with Gasteiger partial charge in [-0.2, -0.15) is 0 Å². The Morgan fingerprint density at radius 3 is 2.75 bits per heavy atom. The lowest BCUT2D eigenvalue weighted by Gasteiger charge is -2.13. The molecule has 2 heterocycles. The number of hydrogen-bond acceptors (Lipinski definition) is 3. The molecule has 28 heavy (non-hydrogen) atoms. The fraction of sp³-hybridized carbons (Fsp3) is 0.429. The molecule has 0 saturated heterocycles. The molecule has 7 heteroatoms. The van der Waals surface area contributed by atoms with Crippen LogP contribution < -0.4 is 10.6 Å². The molecule has 0 aliphatic heterocycles. The lowest BCUT2D eigenvalue weighted by molar-refractivity contribution is 0.391. The Bertz CT molecular complexity index is 895. The molecular formula is C21H30IN5O. The number of H-pyrrole nitrogens is 1. The molecule has 0 spiro atoms. The van der Waals surface area contributed by atoms with E-state index in [-0.39, 0.29) is 29.9 Å². The zero-order chi connectivity index (χ0) is 19.2. The van der Waals surface area contributed by atoms with Crippen molar-refractivity contribution in [3.05, 3.63) is 53.0 Å². The fourth-order valence-electron chi connectivity index (χ4n) is 3.51. The van der Waals surface area contributed by atoms with Gasteiger partial charge in [-0.25, -0.2) is 0 Å². The Morgan fingerprint density at radius 2 is 2.04 bits per heavy atom. The molecule has 0 radical (unpaired) electrons. The van der Waals surface area contributed by atoms with Crippen LogP contribution in [0.4, 0.5) is 0 Å². The maximum Gasteiger partial charge on any atom is 0.191 e. The highest BCUT2D eigenvalue weighted by Crippen LogP contribution is 2.23. The minimum Gasteiger partial charge on any atom is -0.361 e. The number of aryl methyl sites for hydroxylation is 2. The van der Waals surface area contributed by atoms with Gasteiger partial charge in [0, 0.05) is 48.2 Å². The molecular weight excluding hydrogens is 465 g/mol. The maximum absolute atomic E-state index is 5.28. The summed E-state index contributed by atoms with van der Waals surface area (Å²) in [5.74, 6) is 1.99. The molecule has 1 unspecified atom stereocenters. The quantitative estimate of drug-likeness (QED) is 0.260. The molecule has 3 N–H and O–H groups in total. The van der Waals surface area contributed by atoms with E-state index in [1.807, 2.05) is 13.8 Å². The second-order valence-electron chi connectivity index (χ2n) is 6.89. The third kappa shape index (κ3) is 5.27. The van der Waals surface area contributed by atoms with Crippen LogP contribution in [0.1, 0.15) is 42.3 Å². The fourth-order valence-corrected chi connectivity index (χ4v) is 3.51. The number of aromatic amines is 1. The maximum atomic E-state index is 5.28.